The number of benzene rings is 1. The summed E-state index contributed by atoms with van der Waals surface area (Å²) in [5.74, 6) is -1.09. The lowest BCUT2D eigenvalue weighted by Gasteiger charge is -2.23. The van der Waals surface area contributed by atoms with Gasteiger partial charge >= 0.3 is 6.18 Å². The fraction of sp³-hybridized carbons (Fsp3) is 0.500. The van der Waals surface area contributed by atoms with Gasteiger partial charge in [0, 0.05) is 0 Å². The van der Waals surface area contributed by atoms with Crippen LogP contribution in [0, 0.1) is 6.92 Å². The number of nitrogens with one attached hydrogen (secondary N) is 2. The molecule has 9 heteroatoms. The highest BCUT2D eigenvalue weighted by molar-refractivity contribution is 6.33. The Hall–Kier alpha value is -1.80. The van der Waals surface area contributed by atoms with Crippen molar-refractivity contribution >= 4 is 29.1 Å². The Morgan fingerprint density at radius 3 is 2.72 bits per heavy atom. The van der Waals surface area contributed by atoms with Gasteiger partial charge in [0.25, 0.3) is 0 Å². The zero-order chi connectivity index (χ0) is 18.6. The zero-order valence-corrected chi connectivity index (χ0v) is 14.4. The Bertz CT molecular complexity index is 652. The van der Waals surface area contributed by atoms with Crippen LogP contribution in [0.15, 0.2) is 18.2 Å². The summed E-state index contributed by atoms with van der Waals surface area (Å²) >= 11 is 6.05. The van der Waals surface area contributed by atoms with Crippen molar-refractivity contribution in [3.8, 4) is 0 Å². The molecule has 1 fully saturated rings. The summed E-state index contributed by atoms with van der Waals surface area (Å²) in [7, 11) is 0. The van der Waals surface area contributed by atoms with E-state index in [2.05, 4.69) is 5.32 Å². The maximum Gasteiger partial charge on any atom is 0.405 e. The van der Waals surface area contributed by atoms with Crippen LogP contribution in [-0.4, -0.2) is 48.6 Å². The lowest BCUT2D eigenvalue weighted by molar-refractivity contribution is -0.141. The van der Waals surface area contributed by atoms with Crippen LogP contribution in [0.1, 0.15) is 18.4 Å². The molecule has 2 N–H and O–H groups in total. The second kappa shape index (κ2) is 8.05. The molecule has 1 atom stereocenters. The average molecular weight is 378 g/mol. The number of amides is 2. The van der Waals surface area contributed by atoms with Crippen molar-refractivity contribution in [3.05, 3.63) is 28.8 Å². The van der Waals surface area contributed by atoms with E-state index >= 15 is 0 Å². The number of anilines is 1. The van der Waals surface area contributed by atoms with Crippen molar-refractivity contribution in [1.82, 2.24) is 10.2 Å². The Labute approximate surface area is 148 Å². The number of alkyl halides is 3. The van der Waals surface area contributed by atoms with Crippen LogP contribution in [-0.2, 0) is 9.59 Å². The van der Waals surface area contributed by atoms with Gasteiger partial charge in [-0.1, -0.05) is 17.7 Å². The molecule has 0 saturated carbocycles. The molecule has 1 aliphatic rings. The summed E-state index contributed by atoms with van der Waals surface area (Å²) < 4.78 is 36.6. The number of nitrogens with zero attached hydrogens (tertiary/aromatic N) is 1. The monoisotopic (exact) mass is 377 g/mol. The first-order valence-corrected chi connectivity index (χ1v) is 8.18. The Balaban J connectivity index is 1.91. The number of rotatable bonds is 5. The fourth-order valence-electron chi connectivity index (χ4n) is 2.71. The van der Waals surface area contributed by atoms with Gasteiger partial charge in [-0.05, 0) is 44.0 Å². The van der Waals surface area contributed by atoms with Gasteiger partial charge in [0.2, 0.25) is 11.8 Å². The SMILES string of the molecule is Cc1ccc(NC(=O)CN2CCCC2C(=O)NCC(F)(F)F)c(Cl)c1. The van der Waals surface area contributed by atoms with Crippen LogP contribution in [0.25, 0.3) is 0 Å². The quantitative estimate of drug-likeness (QED) is 0.829. The van der Waals surface area contributed by atoms with Crippen molar-refractivity contribution in [2.24, 2.45) is 0 Å². The van der Waals surface area contributed by atoms with Gasteiger partial charge in [-0.25, -0.2) is 0 Å². The largest absolute Gasteiger partial charge is 0.405 e. The van der Waals surface area contributed by atoms with Gasteiger partial charge in [-0.3, -0.25) is 14.5 Å². The molecule has 138 valence electrons. The van der Waals surface area contributed by atoms with E-state index in [-0.39, 0.29) is 12.5 Å². The minimum absolute atomic E-state index is 0.0890. The molecule has 1 saturated heterocycles. The summed E-state index contributed by atoms with van der Waals surface area (Å²) in [5, 5.41) is 4.93. The van der Waals surface area contributed by atoms with E-state index in [9.17, 15) is 22.8 Å². The minimum Gasteiger partial charge on any atom is -0.346 e. The zero-order valence-electron chi connectivity index (χ0n) is 13.6. The van der Waals surface area contributed by atoms with Crippen molar-refractivity contribution < 1.29 is 22.8 Å². The molecule has 25 heavy (non-hydrogen) atoms. The molecule has 5 nitrogen and oxygen atoms in total. The van der Waals surface area contributed by atoms with Gasteiger partial charge in [0.15, 0.2) is 0 Å². The molecule has 1 aromatic carbocycles. The molecule has 2 amide bonds. The van der Waals surface area contributed by atoms with E-state index in [1.807, 2.05) is 12.2 Å². The first-order valence-electron chi connectivity index (χ1n) is 7.80. The van der Waals surface area contributed by atoms with Crippen molar-refractivity contribution in [3.63, 3.8) is 0 Å². The second-order valence-corrected chi connectivity index (χ2v) is 6.40. The molecular formula is C16H19ClF3N3O2. The molecule has 2 rings (SSSR count). The van der Waals surface area contributed by atoms with E-state index in [0.717, 1.165) is 5.56 Å². The van der Waals surface area contributed by atoms with Gasteiger partial charge < -0.3 is 10.6 Å². The van der Waals surface area contributed by atoms with Crippen molar-refractivity contribution in [2.45, 2.75) is 32.0 Å². The van der Waals surface area contributed by atoms with E-state index in [1.54, 1.807) is 23.1 Å². The Morgan fingerprint density at radius 1 is 1.36 bits per heavy atom. The number of likely N-dealkylation sites (tertiary alicyclic amines) is 1. The van der Waals surface area contributed by atoms with Crippen molar-refractivity contribution in [1.29, 1.82) is 0 Å². The van der Waals surface area contributed by atoms with Gasteiger partial charge in [-0.2, -0.15) is 13.2 Å². The highest BCUT2D eigenvalue weighted by Crippen LogP contribution is 2.23. The number of carbonyl (C=O) groups excluding carboxylic acids is 2. The summed E-state index contributed by atoms with van der Waals surface area (Å²) in [6.45, 7) is 0.876. The molecule has 1 heterocycles. The van der Waals surface area contributed by atoms with Crippen LogP contribution in [0.4, 0.5) is 18.9 Å². The number of hydrogen-bond acceptors (Lipinski definition) is 3. The molecule has 1 unspecified atom stereocenters. The van der Waals surface area contributed by atoms with Crippen LogP contribution in [0.5, 0.6) is 0 Å². The smallest absolute Gasteiger partial charge is 0.346 e. The molecule has 0 radical (unpaired) electrons. The molecule has 1 aromatic rings. The predicted octanol–water partition coefficient (Wildman–Crippen LogP) is 2.73. The molecule has 0 bridgehead atoms. The van der Waals surface area contributed by atoms with Gasteiger partial charge in [0.05, 0.1) is 23.3 Å². The van der Waals surface area contributed by atoms with Crippen LogP contribution in [0.2, 0.25) is 5.02 Å². The third-order valence-corrected chi connectivity index (χ3v) is 4.19. The topological polar surface area (TPSA) is 61.4 Å². The minimum atomic E-state index is -4.46. The van der Waals surface area contributed by atoms with E-state index in [4.69, 9.17) is 11.6 Å². The maximum atomic E-state index is 12.2. The maximum absolute atomic E-state index is 12.2. The normalized spacial score (nSPS) is 18.2. The highest BCUT2D eigenvalue weighted by atomic mass is 35.5. The Morgan fingerprint density at radius 2 is 2.08 bits per heavy atom. The lowest BCUT2D eigenvalue weighted by atomic mass is 10.2. The summed E-state index contributed by atoms with van der Waals surface area (Å²) in [5.41, 5.74) is 1.40. The molecule has 0 spiro atoms. The standard InChI is InChI=1S/C16H19ClF3N3O2/c1-10-4-5-12(11(17)7-10)22-14(24)8-23-6-2-3-13(23)15(25)21-9-16(18,19)20/h4-5,7,13H,2-3,6,8-9H2,1H3,(H,21,25)(H,22,24). The molecule has 0 aliphatic carbocycles. The second-order valence-electron chi connectivity index (χ2n) is 5.99. The summed E-state index contributed by atoms with van der Waals surface area (Å²) in [6.07, 6.45) is -3.40. The predicted molar refractivity (Wildman–Crippen MR) is 88.5 cm³/mol. The lowest BCUT2D eigenvalue weighted by Crippen LogP contribution is -2.47. The van der Waals surface area contributed by atoms with Gasteiger partial charge in [-0.15, -0.1) is 0 Å². The average Bonchev–Trinajstić information content (AvgIpc) is 2.95. The number of carbonyl (C=O) groups is 2. The summed E-state index contributed by atoms with van der Waals surface area (Å²) in [4.78, 5) is 25.7. The first-order chi connectivity index (χ1) is 11.7. The van der Waals surface area contributed by atoms with Crippen LogP contribution >= 0.6 is 11.6 Å². The summed E-state index contributed by atoms with van der Waals surface area (Å²) in [6, 6.07) is 4.44. The fourth-order valence-corrected chi connectivity index (χ4v) is 3.00. The molecule has 0 aromatic heterocycles. The van der Waals surface area contributed by atoms with E-state index in [1.165, 1.54) is 0 Å². The molecule has 1 aliphatic heterocycles. The highest BCUT2D eigenvalue weighted by Gasteiger charge is 2.34. The van der Waals surface area contributed by atoms with Crippen LogP contribution in [0.3, 0.4) is 0 Å². The number of hydrogen-bond donors (Lipinski definition) is 2. The third-order valence-electron chi connectivity index (χ3n) is 3.87. The third kappa shape index (κ3) is 5.89. The first kappa shape index (κ1) is 19.5. The van der Waals surface area contributed by atoms with E-state index < -0.39 is 24.7 Å². The Kier molecular flexibility index (Phi) is 6.29. The van der Waals surface area contributed by atoms with Crippen molar-refractivity contribution in [2.75, 3.05) is 25.0 Å². The number of halogens is 4. The van der Waals surface area contributed by atoms with Gasteiger partial charge in [0.1, 0.15) is 6.54 Å². The van der Waals surface area contributed by atoms with E-state index in [0.29, 0.717) is 30.1 Å². The van der Waals surface area contributed by atoms with Crippen LogP contribution < -0.4 is 10.6 Å². The molecular weight excluding hydrogens is 359 g/mol. The number of aryl methyl sites for hydroxylation is 1.